The van der Waals surface area contributed by atoms with Gasteiger partial charge in [-0.1, -0.05) is 17.7 Å². The number of hydrogen-bond donors (Lipinski definition) is 3. The summed E-state index contributed by atoms with van der Waals surface area (Å²) in [5, 5.41) is 3.87. The average molecular weight is 328 g/mol. The van der Waals surface area contributed by atoms with Crippen molar-refractivity contribution in [3.63, 3.8) is 0 Å². The van der Waals surface area contributed by atoms with Crippen LogP contribution >= 0.6 is 11.6 Å². The van der Waals surface area contributed by atoms with Gasteiger partial charge in [-0.15, -0.1) is 0 Å². The molecular weight excluding hydrogens is 318 g/mol. The third-order valence-corrected chi connectivity index (χ3v) is 3.69. The van der Waals surface area contributed by atoms with Crippen LogP contribution in [0.5, 0.6) is 0 Å². The van der Waals surface area contributed by atoms with Gasteiger partial charge in [-0.2, -0.15) is 0 Å². The Morgan fingerprint density at radius 3 is 3.04 bits per heavy atom. The van der Waals surface area contributed by atoms with E-state index in [1.54, 1.807) is 24.5 Å². The molecule has 23 heavy (non-hydrogen) atoms. The van der Waals surface area contributed by atoms with Gasteiger partial charge in [-0.05, 0) is 12.1 Å². The van der Waals surface area contributed by atoms with Crippen molar-refractivity contribution in [1.29, 1.82) is 0 Å². The molecule has 0 fully saturated rings. The summed E-state index contributed by atoms with van der Waals surface area (Å²) < 4.78 is 0. The fourth-order valence-corrected chi connectivity index (χ4v) is 2.60. The third kappa shape index (κ3) is 2.38. The second-order valence-corrected chi connectivity index (χ2v) is 5.23. The number of benzene rings is 1. The van der Waals surface area contributed by atoms with Gasteiger partial charge < -0.3 is 15.3 Å². The van der Waals surface area contributed by atoms with Crippen molar-refractivity contribution in [2.24, 2.45) is 0 Å². The predicted octanol–water partition coefficient (Wildman–Crippen LogP) is 1.85. The van der Waals surface area contributed by atoms with E-state index in [2.05, 4.69) is 35.2 Å². The second kappa shape index (κ2) is 5.33. The quantitative estimate of drug-likeness (QED) is 0.529. The van der Waals surface area contributed by atoms with Crippen molar-refractivity contribution in [2.45, 2.75) is 6.54 Å². The summed E-state index contributed by atoms with van der Waals surface area (Å²) >= 11 is 6.04. The smallest absolute Gasteiger partial charge is 0.260 e. The van der Waals surface area contributed by atoms with Crippen LogP contribution in [0, 0.1) is 0 Å². The molecule has 4 rings (SSSR count). The van der Waals surface area contributed by atoms with Crippen molar-refractivity contribution in [3.05, 3.63) is 52.1 Å². The highest BCUT2D eigenvalue weighted by molar-refractivity contribution is 6.35. The lowest BCUT2D eigenvalue weighted by Gasteiger charge is -2.07. The minimum atomic E-state index is -0.272. The van der Waals surface area contributed by atoms with Crippen molar-refractivity contribution >= 4 is 39.5 Å². The van der Waals surface area contributed by atoms with Gasteiger partial charge in [-0.3, -0.25) is 4.79 Å². The number of nitrogens with one attached hydrogen (secondary N) is 3. The first-order chi connectivity index (χ1) is 11.2. The Bertz CT molecular complexity index is 1070. The number of hydrogen-bond acceptors (Lipinski definition) is 6. The van der Waals surface area contributed by atoms with E-state index >= 15 is 0 Å². The molecule has 0 radical (unpaired) electrons. The fourth-order valence-electron chi connectivity index (χ4n) is 2.35. The number of fused-ring (bicyclic) bond motifs is 2. The fraction of sp³-hybridized carbons (Fsp3) is 0.0714. The Morgan fingerprint density at radius 2 is 2.13 bits per heavy atom. The Balaban J connectivity index is 1.68. The van der Waals surface area contributed by atoms with Gasteiger partial charge in [-0.25, -0.2) is 19.9 Å². The summed E-state index contributed by atoms with van der Waals surface area (Å²) in [6.45, 7) is 0.294. The van der Waals surface area contributed by atoms with Crippen molar-refractivity contribution in [2.75, 3.05) is 5.32 Å². The first-order valence-corrected chi connectivity index (χ1v) is 7.15. The predicted molar refractivity (Wildman–Crippen MR) is 86.4 cm³/mol. The van der Waals surface area contributed by atoms with Crippen LogP contribution in [0.1, 0.15) is 5.82 Å². The molecule has 0 aliphatic heterocycles. The van der Waals surface area contributed by atoms with Crippen LogP contribution in [0.3, 0.4) is 0 Å². The lowest BCUT2D eigenvalue weighted by Crippen LogP contribution is -2.15. The zero-order chi connectivity index (χ0) is 15.8. The van der Waals surface area contributed by atoms with Crippen LogP contribution in [0.25, 0.3) is 22.1 Å². The molecule has 8 nitrogen and oxygen atoms in total. The van der Waals surface area contributed by atoms with Crippen molar-refractivity contribution in [3.8, 4) is 0 Å². The summed E-state index contributed by atoms with van der Waals surface area (Å²) in [7, 11) is 0. The van der Waals surface area contributed by atoms with E-state index in [1.807, 2.05) is 0 Å². The monoisotopic (exact) mass is 327 g/mol. The second-order valence-electron chi connectivity index (χ2n) is 4.82. The van der Waals surface area contributed by atoms with Crippen molar-refractivity contribution < 1.29 is 0 Å². The molecule has 3 N–H and O–H groups in total. The van der Waals surface area contributed by atoms with Crippen LogP contribution in [0.2, 0.25) is 5.02 Å². The molecule has 0 spiro atoms. The zero-order valence-electron chi connectivity index (χ0n) is 11.7. The van der Waals surface area contributed by atoms with Crippen LogP contribution in [0.4, 0.5) is 5.82 Å². The molecule has 4 aromatic rings. The van der Waals surface area contributed by atoms with Gasteiger partial charge in [0.2, 0.25) is 0 Å². The van der Waals surface area contributed by atoms with Crippen LogP contribution < -0.4 is 10.9 Å². The molecule has 1 aromatic carbocycles. The molecule has 3 heterocycles. The van der Waals surface area contributed by atoms with E-state index in [0.717, 1.165) is 0 Å². The number of halogens is 1. The molecule has 0 aliphatic rings. The highest BCUT2D eigenvalue weighted by Gasteiger charge is 2.09. The SMILES string of the molecule is O=c1[nH]c(CNc2ncnc3nc[nH]c23)nc2cccc(Cl)c12. The third-order valence-electron chi connectivity index (χ3n) is 3.38. The number of aromatic nitrogens is 6. The summed E-state index contributed by atoms with van der Waals surface area (Å²) in [6.07, 6.45) is 2.96. The largest absolute Gasteiger partial charge is 0.361 e. The van der Waals surface area contributed by atoms with Gasteiger partial charge >= 0.3 is 0 Å². The first kappa shape index (κ1) is 13.6. The first-order valence-electron chi connectivity index (χ1n) is 6.78. The number of imidazole rings is 1. The average Bonchev–Trinajstić information content (AvgIpc) is 3.02. The topological polar surface area (TPSA) is 112 Å². The number of H-pyrrole nitrogens is 2. The number of aromatic amines is 2. The molecule has 0 atom stereocenters. The molecule has 0 unspecified atom stereocenters. The molecule has 114 valence electrons. The summed E-state index contributed by atoms with van der Waals surface area (Å²) in [5.41, 5.74) is 1.53. The lowest BCUT2D eigenvalue weighted by atomic mass is 10.2. The lowest BCUT2D eigenvalue weighted by molar-refractivity contribution is 0.945. The molecule has 9 heteroatoms. The van der Waals surface area contributed by atoms with Gasteiger partial charge in [0.1, 0.15) is 17.7 Å². The molecule has 0 aliphatic carbocycles. The van der Waals surface area contributed by atoms with E-state index in [-0.39, 0.29) is 5.56 Å². The maximum atomic E-state index is 12.2. The highest BCUT2D eigenvalue weighted by atomic mass is 35.5. The van der Waals surface area contributed by atoms with Gasteiger partial charge in [0, 0.05) is 0 Å². The normalized spacial score (nSPS) is 11.2. The highest BCUT2D eigenvalue weighted by Crippen LogP contribution is 2.18. The Morgan fingerprint density at radius 1 is 1.22 bits per heavy atom. The van der Waals surface area contributed by atoms with Crippen molar-refractivity contribution in [1.82, 2.24) is 29.9 Å². The minimum Gasteiger partial charge on any atom is -0.361 e. The molecule has 0 saturated heterocycles. The van der Waals surface area contributed by atoms with Gasteiger partial charge in [0.25, 0.3) is 5.56 Å². The molecule has 0 amide bonds. The number of rotatable bonds is 3. The minimum absolute atomic E-state index is 0.272. The number of nitrogens with zero attached hydrogens (tertiary/aromatic N) is 4. The summed E-state index contributed by atoms with van der Waals surface area (Å²) in [5.74, 6) is 1.07. The molecular formula is C14H10ClN7O. The van der Waals surface area contributed by atoms with E-state index in [4.69, 9.17) is 11.6 Å². The summed E-state index contributed by atoms with van der Waals surface area (Å²) in [4.78, 5) is 34.5. The van der Waals surface area contributed by atoms with Crippen LogP contribution in [-0.2, 0) is 6.54 Å². The van der Waals surface area contributed by atoms with Crippen LogP contribution in [-0.4, -0.2) is 29.9 Å². The van der Waals surface area contributed by atoms with Gasteiger partial charge in [0.15, 0.2) is 11.5 Å². The maximum absolute atomic E-state index is 12.2. The van der Waals surface area contributed by atoms with E-state index in [0.29, 0.717) is 45.3 Å². The maximum Gasteiger partial charge on any atom is 0.260 e. The Labute approximate surface area is 134 Å². The Kier molecular flexibility index (Phi) is 3.16. The van der Waals surface area contributed by atoms with E-state index in [1.165, 1.54) is 6.33 Å². The number of anilines is 1. The standard InChI is InChI=1S/C14H10ClN7O/c15-7-2-1-3-8-10(7)14(23)22-9(21-8)4-16-12-11-13(18-5-17-11)20-6-19-12/h1-3,5-6H,4H2,(H,21,22,23)(H2,16,17,18,19,20). The molecule has 0 bridgehead atoms. The summed E-state index contributed by atoms with van der Waals surface area (Å²) in [6, 6.07) is 5.17. The van der Waals surface area contributed by atoms with E-state index in [9.17, 15) is 4.79 Å². The molecule has 3 aromatic heterocycles. The zero-order valence-corrected chi connectivity index (χ0v) is 12.4. The van der Waals surface area contributed by atoms with E-state index < -0.39 is 0 Å². The Hall–Kier alpha value is -3.00. The molecule has 0 saturated carbocycles. The van der Waals surface area contributed by atoms with Gasteiger partial charge in [0.05, 0.1) is 28.8 Å². The van der Waals surface area contributed by atoms with Crippen LogP contribution in [0.15, 0.2) is 35.6 Å².